The Morgan fingerprint density at radius 3 is 1.18 bits per heavy atom. The number of unbranched alkanes of at least 4 members (excludes halogenated alkanes) is 20. The molecule has 1 atom stereocenters. The Hall–Kier alpha value is -0.530. The Balaban J connectivity index is 3.99. The van der Waals surface area contributed by atoms with Gasteiger partial charge in [0, 0.05) is 6.42 Å². The third kappa shape index (κ3) is 26.1. The molecule has 1 unspecified atom stereocenters. The van der Waals surface area contributed by atoms with E-state index in [0.29, 0.717) is 18.9 Å². The van der Waals surface area contributed by atoms with Gasteiger partial charge in [-0.25, -0.2) is 0 Å². The van der Waals surface area contributed by atoms with Crippen molar-refractivity contribution in [1.29, 1.82) is 0 Å². The zero-order chi connectivity index (χ0) is 25.0. The summed E-state index contributed by atoms with van der Waals surface area (Å²) in [5, 5.41) is 0. The molecule has 0 aliphatic rings. The second kappa shape index (κ2) is 28.7. The molecule has 2 nitrogen and oxygen atoms in total. The van der Waals surface area contributed by atoms with Gasteiger partial charge >= 0.3 is 5.97 Å². The molecule has 0 rings (SSSR count). The van der Waals surface area contributed by atoms with Crippen molar-refractivity contribution in [3.63, 3.8) is 0 Å². The third-order valence-corrected chi connectivity index (χ3v) is 7.40. The summed E-state index contributed by atoms with van der Waals surface area (Å²) in [6, 6.07) is 0. The van der Waals surface area contributed by atoms with Gasteiger partial charge in [0.05, 0.1) is 6.61 Å². The predicted molar refractivity (Wildman–Crippen MR) is 152 cm³/mol. The van der Waals surface area contributed by atoms with E-state index in [0.717, 1.165) is 6.42 Å². The van der Waals surface area contributed by atoms with Gasteiger partial charge in [-0.05, 0) is 25.2 Å². The summed E-state index contributed by atoms with van der Waals surface area (Å²) < 4.78 is 5.74. The fourth-order valence-electron chi connectivity index (χ4n) is 4.95. The van der Waals surface area contributed by atoms with Crippen LogP contribution in [-0.4, -0.2) is 12.6 Å². The lowest BCUT2D eigenvalue weighted by molar-refractivity contribution is -0.145. The lowest BCUT2D eigenvalue weighted by Crippen LogP contribution is -2.14. The van der Waals surface area contributed by atoms with Crippen molar-refractivity contribution in [1.82, 2.24) is 0 Å². The maximum atomic E-state index is 12.2. The van der Waals surface area contributed by atoms with Crippen molar-refractivity contribution < 1.29 is 9.53 Å². The highest BCUT2D eigenvalue weighted by Gasteiger charge is 2.12. The molecule has 0 spiro atoms. The molecule has 0 saturated carbocycles. The number of ether oxygens (including phenoxy) is 1. The van der Waals surface area contributed by atoms with Crippen LogP contribution in [0.2, 0.25) is 0 Å². The monoisotopic (exact) mass is 480 g/mol. The fraction of sp³-hybridized carbons (Fsp3) is 0.969. The summed E-state index contributed by atoms with van der Waals surface area (Å²) in [6.07, 6.45) is 34.0. The number of carbonyl (C=O) groups excluding carboxylic acids is 1. The molecule has 0 aromatic rings. The molecule has 0 radical (unpaired) electrons. The second-order valence-electron chi connectivity index (χ2n) is 10.9. The lowest BCUT2D eigenvalue weighted by atomic mass is 9.94. The van der Waals surface area contributed by atoms with E-state index in [1.165, 1.54) is 154 Å². The highest BCUT2D eigenvalue weighted by molar-refractivity contribution is 5.69. The number of carbonyl (C=O) groups is 1. The minimum atomic E-state index is 0.0421. The Kier molecular flexibility index (Phi) is 28.3. The number of rotatable bonds is 28. The van der Waals surface area contributed by atoms with Crippen molar-refractivity contribution in [2.75, 3.05) is 6.61 Å². The first-order valence-electron chi connectivity index (χ1n) is 15.9. The first kappa shape index (κ1) is 33.5. The van der Waals surface area contributed by atoms with Crippen LogP contribution in [0.25, 0.3) is 0 Å². The van der Waals surface area contributed by atoms with E-state index in [4.69, 9.17) is 4.74 Å². The van der Waals surface area contributed by atoms with Gasteiger partial charge in [0.2, 0.25) is 0 Å². The molecule has 0 aromatic heterocycles. The van der Waals surface area contributed by atoms with Crippen LogP contribution < -0.4 is 0 Å². The molecule has 0 amide bonds. The van der Waals surface area contributed by atoms with Crippen LogP contribution in [0, 0.1) is 5.92 Å². The van der Waals surface area contributed by atoms with Crippen molar-refractivity contribution in [3.05, 3.63) is 0 Å². The first-order chi connectivity index (χ1) is 16.7. The first-order valence-corrected chi connectivity index (χ1v) is 15.9. The highest BCUT2D eigenvalue weighted by atomic mass is 16.5. The minimum absolute atomic E-state index is 0.0421. The van der Waals surface area contributed by atoms with Gasteiger partial charge in [0.1, 0.15) is 0 Å². The van der Waals surface area contributed by atoms with Gasteiger partial charge in [-0.1, -0.05) is 162 Å². The topological polar surface area (TPSA) is 26.3 Å². The highest BCUT2D eigenvalue weighted by Crippen LogP contribution is 2.21. The molecule has 0 aliphatic heterocycles. The zero-order valence-electron chi connectivity index (χ0n) is 24.0. The van der Waals surface area contributed by atoms with Gasteiger partial charge in [0.25, 0.3) is 0 Å². The van der Waals surface area contributed by atoms with Crippen LogP contribution in [0.1, 0.15) is 188 Å². The van der Waals surface area contributed by atoms with E-state index in [1.54, 1.807) is 0 Å². The molecule has 34 heavy (non-hydrogen) atoms. The molecular weight excluding hydrogens is 416 g/mol. The van der Waals surface area contributed by atoms with E-state index >= 15 is 0 Å². The van der Waals surface area contributed by atoms with Crippen LogP contribution in [0.5, 0.6) is 0 Å². The molecule has 0 saturated heterocycles. The molecule has 0 aromatic carbocycles. The average molecular weight is 481 g/mol. The molecule has 0 N–H and O–H groups in total. The zero-order valence-corrected chi connectivity index (χ0v) is 24.0. The predicted octanol–water partition coefficient (Wildman–Crippen LogP) is 11.3. The SMILES string of the molecule is CCCCCCCCCCCCC(CCCCCCCCCC)COC(=O)CCCCCCC. The van der Waals surface area contributed by atoms with Gasteiger partial charge in [-0.15, -0.1) is 0 Å². The molecule has 0 fully saturated rings. The normalized spacial score (nSPS) is 12.2. The van der Waals surface area contributed by atoms with Crippen molar-refractivity contribution in [3.8, 4) is 0 Å². The molecular formula is C32H64O2. The van der Waals surface area contributed by atoms with Crippen molar-refractivity contribution in [2.24, 2.45) is 5.92 Å². The molecule has 2 heteroatoms. The smallest absolute Gasteiger partial charge is 0.305 e. The molecule has 0 aliphatic carbocycles. The van der Waals surface area contributed by atoms with Crippen LogP contribution >= 0.6 is 0 Å². The average Bonchev–Trinajstić information content (AvgIpc) is 2.84. The Morgan fingerprint density at radius 1 is 0.471 bits per heavy atom. The number of hydrogen-bond acceptors (Lipinski definition) is 2. The van der Waals surface area contributed by atoms with E-state index in [9.17, 15) is 4.79 Å². The summed E-state index contributed by atoms with van der Waals surface area (Å²) >= 11 is 0. The summed E-state index contributed by atoms with van der Waals surface area (Å²) in [5.41, 5.74) is 0. The molecule has 0 heterocycles. The van der Waals surface area contributed by atoms with Crippen molar-refractivity contribution >= 4 is 5.97 Å². The van der Waals surface area contributed by atoms with Crippen molar-refractivity contribution in [2.45, 2.75) is 188 Å². The number of esters is 1. The maximum absolute atomic E-state index is 12.2. The Labute approximate surface area is 215 Å². The summed E-state index contributed by atoms with van der Waals surface area (Å²) in [4.78, 5) is 12.2. The van der Waals surface area contributed by atoms with E-state index in [1.807, 2.05) is 0 Å². The van der Waals surface area contributed by atoms with Crippen LogP contribution in [0.4, 0.5) is 0 Å². The molecule has 0 bridgehead atoms. The number of hydrogen-bond donors (Lipinski definition) is 0. The van der Waals surface area contributed by atoms with Gasteiger partial charge in [0.15, 0.2) is 0 Å². The summed E-state index contributed by atoms with van der Waals surface area (Å²) in [7, 11) is 0. The fourth-order valence-corrected chi connectivity index (χ4v) is 4.95. The maximum Gasteiger partial charge on any atom is 0.305 e. The van der Waals surface area contributed by atoms with Crippen LogP contribution in [0.3, 0.4) is 0 Å². The van der Waals surface area contributed by atoms with E-state index in [-0.39, 0.29) is 5.97 Å². The Morgan fingerprint density at radius 2 is 0.794 bits per heavy atom. The van der Waals surface area contributed by atoms with Crippen LogP contribution in [-0.2, 0) is 9.53 Å². The summed E-state index contributed by atoms with van der Waals surface area (Å²) in [6.45, 7) is 7.48. The van der Waals surface area contributed by atoms with E-state index in [2.05, 4.69) is 20.8 Å². The van der Waals surface area contributed by atoms with Gasteiger partial charge < -0.3 is 4.74 Å². The Bertz CT molecular complexity index is 392. The third-order valence-electron chi connectivity index (χ3n) is 7.40. The quantitative estimate of drug-likeness (QED) is 0.0821. The summed E-state index contributed by atoms with van der Waals surface area (Å²) in [5.74, 6) is 0.624. The van der Waals surface area contributed by atoms with E-state index < -0.39 is 0 Å². The van der Waals surface area contributed by atoms with Gasteiger partial charge in [-0.3, -0.25) is 4.79 Å². The second-order valence-corrected chi connectivity index (χ2v) is 10.9. The largest absolute Gasteiger partial charge is 0.465 e. The standard InChI is InChI=1S/C32H64O2/c1-4-7-10-13-15-17-18-20-23-25-28-31(27-24-22-19-16-14-11-8-5-2)30-34-32(33)29-26-21-12-9-6-3/h31H,4-30H2,1-3H3. The molecule has 204 valence electrons. The van der Waals surface area contributed by atoms with Crippen LogP contribution in [0.15, 0.2) is 0 Å². The lowest BCUT2D eigenvalue weighted by Gasteiger charge is -2.17. The van der Waals surface area contributed by atoms with Gasteiger partial charge in [-0.2, -0.15) is 0 Å². The minimum Gasteiger partial charge on any atom is -0.465 e.